The summed E-state index contributed by atoms with van der Waals surface area (Å²) in [5.41, 5.74) is 5.48. The van der Waals surface area contributed by atoms with Crippen LogP contribution in [0.3, 0.4) is 0 Å². The number of anilines is 1. The van der Waals surface area contributed by atoms with Crippen molar-refractivity contribution in [2.24, 2.45) is 0 Å². The molecule has 1 aliphatic heterocycles. The van der Waals surface area contributed by atoms with Crippen LogP contribution in [-0.2, 0) is 6.42 Å². The first-order chi connectivity index (χ1) is 16.2. The largest absolute Gasteiger partial charge is 0.496 e. The van der Waals surface area contributed by atoms with Gasteiger partial charge in [-0.2, -0.15) is 0 Å². The zero-order valence-electron chi connectivity index (χ0n) is 18.9. The van der Waals surface area contributed by atoms with Crippen molar-refractivity contribution in [3.63, 3.8) is 0 Å². The minimum atomic E-state index is -0.180. The van der Waals surface area contributed by atoms with Crippen LogP contribution in [0.5, 0.6) is 5.75 Å². The molecule has 1 aliphatic rings. The Morgan fingerprint density at radius 1 is 1.15 bits per heavy atom. The fourth-order valence-corrected chi connectivity index (χ4v) is 4.54. The minimum Gasteiger partial charge on any atom is -0.496 e. The fourth-order valence-electron chi connectivity index (χ4n) is 4.54. The number of urea groups is 1. The van der Waals surface area contributed by atoms with E-state index in [4.69, 9.17) is 14.1 Å². The summed E-state index contributed by atoms with van der Waals surface area (Å²) in [5, 5.41) is 3.08. The van der Waals surface area contributed by atoms with Gasteiger partial charge in [-0.15, -0.1) is 0 Å². The lowest BCUT2D eigenvalue weighted by Crippen LogP contribution is -2.34. The molecule has 6 heteroatoms. The molecular formula is C27H27N3O3. The third kappa shape index (κ3) is 4.04. The SMILES string of the molecule is CCc1ccccc1NC(=O)N1CCCC1c1nc2cc(-c3ccccc3OC)ccc2o1. The molecule has 1 fully saturated rings. The predicted molar refractivity (Wildman–Crippen MR) is 130 cm³/mol. The van der Waals surface area contributed by atoms with Crippen LogP contribution in [0, 0.1) is 0 Å². The molecule has 0 spiro atoms. The minimum absolute atomic E-state index is 0.115. The molecule has 4 aromatic rings. The first-order valence-corrected chi connectivity index (χ1v) is 11.4. The monoisotopic (exact) mass is 441 g/mol. The smallest absolute Gasteiger partial charge is 0.322 e. The number of methoxy groups -OCH3 is 1. The lowest BCUT2D eigenvalue weighted by Gasteiger charge is -2.23. The molecule has 5 rings (SSSR count). The Hall–Kier alpha value is -3.80. The van der Waals surface area contributed by atoms with Crippen molar-refractivity contribution < 1.29 is 13.9 Å². The van der Waals surface area contributed by atoms with E-state index in [1.807, 2.05) is 71.6 Å². The molecule has 2 heterocycles. The predicted octanol–water partition coefficient (Wildman–Crippen LogP) is 6.43. The van der Waals surface area contributed by atoms with E-state index in [2.05, 4.69) is 12.2 Å². The maximum Gasteiger partial charge on any atom is 0.322 e. The van der Waals surface area contributed by atoms with Gasteiger partial charge >= 0.3 is 6.03 Å². The van der Waals surface area contributed by atoms with Crippen molar-refractivity contribution in [2.45, 2.75) is 32.2 Å². The Kier molecular flexibility index (Phi) is 5.73. The molecule has 0 radical (unpaired) electrons. The lowest BCUT2D eigenvalue weighted by atomic mass is 10.0. The van der Waals surface area contributed by atoms with Crippen molar-refractivity contribution in [1.29, 1.82) is 0 Å². The van der Waals surface area contributed by atoms with E-state index in [0.29, 0.717) is 18.0 Å². The van der Waals surface area contributed by atoms with E-state index in [1.165, 1.54) is 0 Å². The van der Waals surface area contributed by atoms with Crippen molar-refractivity contribution in [3.8, 4) is 16.9 Å². The van der Waals surface area contributed by atoms with Gasteiger partial charge in [0.15, 0.2) is 5.58 Å². The molecule has 0 aliphatic carbocycles. The molecule has 1 unspecified atom stereocenters. The highest BCUT2D eigenvalue weighted by Gasteiger charge is 2.34. The molecule has 0 saturated carbocycles. The first kappa shape index (κ1) is 21.1. The Balaban J connectivity index is 1.41. The highest BCUT2D eigenvalue weighted by atomic mass is 16.5. The fraction of sp³-hybridized carbons (Fsp3) is 0.259. The van der Waals surface area contributed by atoms with Crippen LogP contribution < -0.4 is 10.1 Å². The molecule has 1 saturated heterocycles. The molecule has 0 bridgehead atoms. The van der Waals surface area contributed by atoms with Crippen LogP contribution in [-0.4, -0.2) is 29.6 Å². The summed E-state index contributed by atoms with van der Waals surface area (Å²) in [7, 11) is 1.67. The number of hydrogen-bond acceptors (Lipinski definition) is 4. The number of hydrogen-bond donors (Lipinski definition) is 1. The maximum atomic E-state index is 13.1. The van der Waals surface area contributed by atoms with Crippen LogP contribution in [0.1, 0.15) is 37.3 Å². The highest BCUT2D eigenvalue weighted by Crippen LogP contribution is 2.36. The van der Waals surface area contributed by atoms with Crippen molar-refractivity contribution in [3.05, 3.63) is 78.2 Å². The zero-order valence-corrected chi connectivity index (χ0v) is 18.9. The average molecular weight is 442 g/mol. The zero-order chi connectivity index (χ0) is 22.8. The Labute approximate surface area is 193 Å². The summed E-state index contributed by atoms with van der Waals surface area (Å²) < 4.78 is 11.6. The number of aryl methyl sites for hydroxylation is 1. The number of carbonyl (C=O) groups excluding carboxylic acids is 1. The van der Waals surface area contributed by atoms with E-state index < -0.39 is 0 Å². The second kappa shape index (κ2) is 8.98. The highest BCUT2D eigenvalue weighted by molar-refractivity contribution is 5.90. The van der Waals surface area contributed by atoms with Gasteiger partial charge in [0.2, 0.25) is 5.89 Å². The van der Waals surface area contributed by atoms with Gasteiger partial charge in [-0.1, -0.05) is 49.4 Å². The number of amides is 2. The van der Waals surface area contributed by atoms with Crippen molar-refractivity contribution in [2.75, 3.05) is 19.0 Å². The third-order valence-electron chi connectivity index (χ3n) is 6.26. The van der Waals surface area contributed by atoms with Crippen LogP contribution >= 0.6 is 0 Å². The molecular weight excluding hydrogens is 414 g/mol. The van der Waals surface area contributed by atoms with Gasteiger partial charge in [-0.05, 0) is 54.7 Å². The van der Waals surface area contributed by atoms with E-state index in [0.717, 1.165) is 52.9 Å². The van der Waals surface area contributed by atoms with Gasteiger partial charge in [0.1, 0.15) is 17.3 Å². The summed E-state index contributed by atoms with van der Waals surface area (Å²) in [6.45, 7) is 2.76. The Morgan fingerprint density at radius 2 is 1.97 bits per heavy atom. The number of oxazole rings is 1. The maximum absolute atomic E-state index is 13.1. The molecule has 1 atom stereocenters. The summed E-state index contributed by atoms with van der Waals surface area (Å²) in [4.78, 5) is 19.7. The summed E-state index contributed by atoms with van der Waals surface area (Å²) >= 11 is 0. The van der Waals surface area contributed by atoms with Crippen LogP contribution in [0.15, 0.2) is 71.1 Å². The number of para-hydroxylation sites is 2. The number of aromatic nitrogens is 1. The first-order valence-electron chi connectivity index (χ1n) is 11.4. The third-order valence-corrected chi connectivity index (χ3v) is 6.26. The standard InChI is InChI=1S/C27H27N3O3/c1-3-18-9-4-6-11-21(18)29-27(31)30-16-8-12-23(30)26-28-22-17-19(14-15-25(22)33-26)20-10-5-7-13-24(20)32-2/h4-7,9-11,13-15,17,23H,3,8,12,16H2,1-2H3,(H,29,31). The van der Waals surface area contributed by atoms with Gasteiger partial charge in [0, 0.05) is 17.8 Å². The summed E-state index contributed by atoms with van der Waals surface area (Å²) in [6, 6.07) is 21.5. The number of ether oxygens (including phenoxy) is 1. The Morgan fingerprint density at radius 3 is 2.82 bits per heavy atom. The van der Waals surface area contributed by atoms with Gasteiger partial charge in [-0.25, -0.2) is 9.78 Å². The van der Waals surface area contributed by atoms with Crippen LogP contribution in [0.25, 0.3) is 22.2 Å². The average Bonchev–Trinajstić information content (AvgIpc) is 3.51. The number of nitrogens with one attached hydrogen (secondary N) is 1. The van der Waals surface area contributed by atoms with E-state index >= 15 is 0 Å². The van der Waals surface area contributed by atoms with E-state index in [9.17, 15) is 4.79 Å². The summed E-state index contributed by atoms with van der Waals surface area (Å²) in [5.74, 6) is 1.39. The quantitative estimate of drug-likeness (QED) is 0.387. The number of carbonyl (C=O) groups is 1. The molecule has 168 valence electrons. The number of rotatable bonds is 5. The van der Waals surface area contributed by atoms with E-state index in [1.54, 1.807) is 7.11 Å². The van der Waals surface area contributed by atoms with E-state index in [-0.39, 0.29) is 12.1 Å². The molecule has 33 heavy (non-hydrogen) atoms. The topological polar surface area (TPSA) is 67.6 Å². The molecule has 1 aromatic heterocycles. The molecule has 1 N–H and O–H groups in total. The second-order valence-electron chi connectivity index (χ2n) is 8.23. The van der Waals surface area contributed by atoms with Gasteiger partial charge in [-0.3, -0.25) is 0 Å². The normalized spacial score (nSPS) is 15.7. The van der Waals surface area contributed by atoms with Crippen molar-refractivity contribution in [1.82, 2.24) is 9.88 Å². The number of benzene rings is 3. The van der Waals surface area contributed by atoms with Crippen LogP contribution in [0.2, 0.25) is 0 Å². The number of likely N-dealkylation sites (tertiary alicyclic amines) is 1. The van der Waals surface area contributed by atoms with Gasteiger partial charge in [0.25, 0.3) is 0 Å². The second-order valence-corrected chi connectivity index (χ2v) is 8.23. The Bertz CT molecular complexity index is 1300. The number of fused-ring (bicyclic) bond motifs is 1. The number of nitrogens with zero attached hydrogens (tertiary/aromatic N) is 2. The van der Waals surface area contributed by atoms with Gasteiger partial charge in [0.05, 0.1) is 7.11 Å². The molecule has 6 nitrogen and oxygen atoms in total. The summed E-state index contributed by atoms with van der Waals surface area (Å²) in [6.07, 6.45) is 2.60. The van der Waals surface area contributed by atoms with Crippen molar-refractivity contribution >= 4 is 22.8 Å². The van der Waals surface area contributed by atoms with Crippen LogP contribution in [0.4, 0.5) is 10.5 Å². The lowest BCUT2D eigenvalue weighted by molar-refractivity contribution is 0.199. The molecule has 2 amide bonds. The molecule has 3 aromatic carbocycles. The van der Waals surface area contributed by atoms with Gasteiger partial charge < -0.3 is 19.4 Å².